The van der Waals surface area contributed by atoms with E-state index in [0.29, 0.717) is 6.42 Å². The second-order valence-corrected chi connectivity index (χ2v) is 18.3. The first kappa shape index (κ1) is 50.0. The summed E-state index contributed by atoms with van der Waals surface area (Å²) in [6, 6.07) is -1.39. The number of rotatable bonds is 19. The molecule has 0 radical (unpaired) electrons. The summed E-state index contributed by atoms with van der Waals surface area (Å²) in [7, 11) is -4.68. The molecule has 7 unspecified atom stereocenters. The van der Waals surface area contributed by atoms with Crippen LogP contribution in [0.3, 0.4) is 0 Å². The Morgan fingerprint density at radius 1 is 0.883 bits per heavy atom. The molecule has 2 saturated heterocycles. The first-order chi connectivity index (χ1) is 28.2. The van der Waals surface area contributed by atoms with Gasteiger partial charge in [-0.2, -0.15) is 0 Å². The minimum atomic E-state index is -4.68. The number of carbonyl (C=O) groups is 4. The van der Waals surface area contributed by atoms with Crippen LogP contribution in [0.1, 0.15) is 91.9 Å². The zero-order valence-electron chi connectivity index (χ0n) is 34.5. The molecular formula is C38H63N3O18S-2. The smallest absolute Gasteiger partial charge is 0.223 e. The molecule has 21 nitrogen and oxygen atoms in total. The maximum atomic E-state index is 13.7. The molecule has 22 heteroatoms. The highest BCUT2D eigenvalue weighted by Crippen LogP contribution is 2.40. The van der Waals surface area contributed by atoms with Crippen LogP contribution in [-0.4, -0.2) is 167 Å². The van der Waals surface area contributed by atoms with Gasteiger partial charge < -0.3 is 79.6 Å². The van der Waals surface area contributed by atoms with Gasteiger partial charge in [0.1, 0.15) is 42.7 Å². The van der Waals surface area contributed by atoms with Crippen molar-refractivity contribution in [1.82, 2.24) is 16.0 Å². The van der Waals surface area contributed by atoms with E-state index in [1.165, 1.54) is 13.8 Å². The molecule has 4 aliphatic rings. The molecule has 346 valence electrons. The van der Waals surface area contributed by atoms with Gasteiger partial charge in [0, 0.05) is 32.4 Å². The summed E-state index contributed by atoms with van der Waals surface area (Å²) >= 11 is 0. The molecule has 0 bridgehead atoms. The highest BCUT2D eigenvalue weighted by molar-refractivity contribution is 7.86. The van der Waals surface area contributed by atoms with Gasteiger partial charge in [-0.25, -0.2) is 8.42 Å². The quantitative estimate of drug-likeness (QED) is 0.0464. The summed E-state index contributed by atoms with van der Waals surface area (Å²) in [5, 5.41) is 72.3. The minimum absolute atomic E-state index is 0.00930. The van der Waals surface area contributed by atoms with Crippen molar-refractivity contribution >= 4 is 33.8 Å². The number of hydrogen-bond donors (Lipinski definition) is 8. The zero-order chi connectivity index (χ0) is 44.5. The van der Waals surface area contributed by atoms with Gasteiger partial charge in [0.15, 0.2) is 12.6 Å². The predicted octanol–water partition coefficient (Wildman–Crippen LogP) is -3.37. The van der Waals surface area contributed by atoms with Crippen LogP contribution in [0.25, 0.3) is 0 Å². The molecular weight excluding hydrogens is 818 g/mol. The third kappa shape index (κ3) is 13.4. The normalized spacial score (nSPS) is 36.4. The highest BCUT2D eigenvalue weighted by atomic mass is 32.2. The van der Waals surface area contributed by atoms with Crippen molar-refractivity contribution in [2.24, 2.45) is 17.8 Å². The molecule has 0 aromatic rings. The van der Waals surface area contributed by atoms with Gasteiger partial charge in [0.2, 0.25) is 17.7 Å². The fourth-order valence-electron chi connectivity index (χ4n) is 8.54. The van der Waals surface area contributed by atoms with Gasteiger partial charge in [-0.1, -0.05) is 45.4 Å². The van der Waals surface area contributed by atoms with Crippen molar-refractivity contribution in [1.29, 1.82) is 0 Å². The number of aliphatic hydroxyl groups excluding tert-OH is 5. The van der Waals surface area contributed by atoms with Crippen LogP contribution in [0, 0.1) is 17.8 Å². The van der Waals surface area contributed by atoms with E-state index >= 15 is 0 Å². The lowest BCUT2D eigenvalue weighted by molar-refractivity contribution is -0.343. The molecule has 3 amide bonds. The molecule has 0 spiro atoms. The molecule has 0 aromatic heterocycles. The largest absolute Gasteiger partial charge is 0.748 e. The summed E-state index contributed by atoms with van der Waals surface area (Å²) in [5.41, 5.74) is 0. The van der Waals surface area contributed by atoms with Gasteiger partial charge in [-0.05, 0) is 44.9 Å². The molecule has 60 heavy (non-hydrogen) atoms. The Morgan fingerprint density at radius 2 is 1.55 bits per heavy atom. The number of aliphatic carboxylic acids is 1. The van der Waals surface area contributed by atoms with Crippen LogP contribution < -0.4 is 21.1 Å². The molecule has 4 rings (SSSR count). The Labute approximate surface area is 349 Å². The monoisotopic (exact) mass is 881 g/mol. The highest BCUT2D eigenvalue weighted by Gasteiger charge is 2.52. The Hall–Kier alpha value is -2.61. The molecule has 2 aliphatic heterocycles. The summed E-state index contributed by atoms with van der Waals surface area (Å²) in [4.78, 5) is 51.0. The first-order valence-corrected chi connectivity index (χ1v) is 22.3. The van der Waals surface area contributed by atoms with E-state index in [1.54, 1.807) is 0 Å². The molecule has 4 fully saturated rings. The SMILES string of the molecule is CCC1CC(C(=O)NCCNC(=O)CC(C)S(=O)(=O)[O-])C[C@@H](O[C@@H]2O[C@@H](CO)[C@H](O)C(O[C@@H](CC3CCCCC3)C(=O)[O-])C2NC(C)=O)[C@@H]1O[C@@H]1OC(C)[C@@H](O)[C@H](O)C1O. The number of ether oxygens (including phenoxy) is 5. The topological polar surface area (TPSA) is 332 Å². The van der Waals surface area contributed by atoms with E-state index in [0.717, 1.165) is 39.0 Å². The van der Waals surface area contributed by atoms with Crippen molar-refractivity contribution in [3.63, 3.8) is 0 Å². The van der Waals surface area contributed by atoms with Crippen molar-refractivity contribution in [3.05, 3.63) is 0 Å². The maximum Gasteiger partial charge on any atom is 0.223 e. The number of hydrogen-bond acceptors (Lipinski definition) is 18. The number of aliphatic hydroxyl groups is 5. The molecule has 8 N–H and O–H groups in total. The van der Waals surface area contributed by atoms with E-state index in [9.17, 15) is 62.8 Å². The van der Waals surface area contributed by atoms with Crippen LogP contribution in [0.5, 0.6) is 0 Å². The van der Waals surface area contributed by atoms with E-state index in [1.807, 2.05) is 6.92 Å². The second-order valence-electron chi connectivity index (χ2n) is 16.5. The van der Waals surface area contributed by atoms with Gasteiger partial charge in [-0.15, -0.1) is 0 Å². The second kappa shape index (κ2) is 22.7. The molecule has 2 saturated carbocycles. The zero-order valence-corrected chi connectivity index (χ0v) is 35.3. The maximum absolute atomic E-state index is 13.7. The van der Waals surface area contributed by atoms with Gasteiger partial charge in [0.05, 0.1) is 52.4 Å². The van der Waals surface area contributed by atoms with Crippen LogP contribution in [-0.2, 0) is 53.0 Å². The molecule has 0 aromatic carbocycles. The fraction of sp³-hybridized carbons (Fsp3) is 0.895. The van der Waals surface area contributed by atoms with Gasteiger partial charge >= 0.3 is 0 Å². The molecule has 2 heterocycles. The van der Waals surface area contributed by atoms with E-state index in [4.69, 9.17) is 23.7 Å². The lowest BCUT2D eigenvalue weighted by atomic mass is 9.75. The van der Waals surface area contributed by atoms with Crippen LogP contribution >= 0.6 is 0 Å². The van der Waals surface area contributed by atoms with Crippen LogP contribution in [0.4, 0.5) is 0 Å². The Balaban J connectivity index is 1.60. The average molecular weight is 882 g/mol. The number of carboxylic acid groups (broad SMARTS) is 1. The third-order valence-electron chi connectivity index (χ3n) is 12.0. The lowest BCUT2D eigenvalue weighted by Crippen LogP contribution is -2.67. The predicted molar refractivity (Wildman–Crippen MR) is 203 cm³/mol. The van der Waals surface area contributed by atoms with E-state index in [-0.39, 0.29) is 38.3 Å². The molecule has 2 aliphatic carbocycles. The summed E-state index contributed by atoms with van der Waals surface area (Å²) < 4.78 is 64.3. The van der Waals surface area contributed by atoms with Crippen molar-refractivity contribution in [3.8, 4) is 0 Å². The van der Waals surface area contributed by atoms with Crippen molar-refractivity contribution in [2.45, 2.75) is 177 Å². The summed E-state index contributed by atoms with van der Waals surface area (Å²) in [6.07, 6.45) is -12.7. The summed E-state index contributed by atoms with van der Waals surface area (Å²) in [6.45, 7) is 4.62. The van der Waals surface area contributed by atoms with Gasteiger partial charge in [0.25, 0.3) is 0 Å². The Morgan fingerprint density at radius 3 is 2.15 bits per heavy atom. The number of nitrogens with one attached hydrogen (secondary N) is 3. The number of carbonyl (C=O) groups excluding carboxylic acids is 4. The van der Waals surface area contributed by atoms with Crippen LogP contribution in [0.2, 0.25) is 0 Å². The van der Waals surface area contributed by atoms with Crippen LogP contribution in [0.15, 0.2) is 0 Å². The first-order valence-electron chi connectivity index (χ1n) is 20.8. The minimum Gasteiger partial charge on any atom is -0.748 e. The van der Waals surface area contributed by atoms with Gasteiger partial charge in [-0.3, -0.25) is 14.4 Å². The van der Waals surface area contributed by atoms with Crippen molar-refractivity contribution in [2.75, 3.05) is 19.7 Å². The number of amides is 3. The molecule has 16 atom stereocenters. The van der Waals surface area contributed by atoms with Crippen molar-refractivity contribution < 1.29 is 86.5 Å². The standard InChI is InChI=1S/C38H65N3O18S/c1-5-22-15-23(35(49)40-12-11-39-27(44)13-18(2)60(52,53)54)16-24(33(22)59-38-32(48)31(47)29(45)19(3)55-38)57-37-28(41-20(4)43)34(30(46)26(17-42)58-37)56-25(36(50)51)14-21-9-7-6-8-10-21/h18-19,21-26,28-34,37-38,42,45-48H,5-17H2,1-4H3,(H,39,44)(H,40,49)(H,41,43)(H,50,51)(H,52,53,54)/p-2/t18?,19?,22?,23?,24-,25+,26+,28?,29-,30+,31+,32?,33-,34?,37-,38+/m1/s1. The number of carboxylic acids is 1. The van der Waals surface area contributed by atoms with E-state index < -0.39 is 144 Å². The Kier molecular flexibility index (Phi) is 18.9. The lowest BCUT2D eigenvalue weighted by Gasteiger charge is -2.49. The summed E-state index contributed by atoms with van der Waals surface area (Å²) in [5.74, 6) is -4.64. The Bertz CT molecular complexity index is 1540. The fourth-order valence-corrected chi connectivity index (χ4v) is 8.89. The third-order valence-corrected chi connectivity index (χ3v) is 13.2. The van der Waals surface area contributed by atoms with E-state index in [2.05, 4.69) is 16.0 Å². The average Bonchev–Trinajstić information content (AvgIpc) is 3.19.